The lowest BCUT2D eigenvalue weighted by Gasteiger charge is -2.15. The van der Waals surface area contributed by atoms with E-state index in [4.69, 9.17) is 5.11 Å². The molecular formula is C6H8O3S. The molecule has 1 atom stereocenters. The Morgan fingerprint density at radius 3 is 2.80 bits per heavy atom. The Balaban J connectivity index is 2.60. The van der Waals surface area contributed by atoms with Crippen molar-refractivity contribution in [1.82, 2.24) is 0 Å². The minimum absolute atomic E-state index is 0.189. The van der Waals surface area contributed by atoms with Crippen molar-refractivity contribution in [1.29, 1.82) is 0 Å². The molecule has 1 unspecified atom stereocenters. The standard InChI is InChI=1S/C6H8O3S/c7-3-4-1-2-10-6(9)5(4)8/h4,7H,1-3H2. The number of aliphatic hydroxyl groups is 1. The number of thioether (sulfide) groups is 1. The van der Waals surface area contributed by atoms with Crippen LogP contribution in [0.25, 0.3) is 0 Å². The summed E-state index contributed by atoms with van der Waals surface area (Å²) in [6, 6.07) is 0. The quantitative estimate of drug-likeness (QED) is 0.541. The van der Waals surface area contributed by atoms with Gasteiger partial charge in [0.2, 0.25) is 5.78 Å². The number of ketones is 1. The third-order valence-corrected chi connectivity index (χ3v) is 2.40. The molecule has 0 spiro atoms. The summed E-state index contributed by atoms with van der Waals surface area (Å²) in [5.74, 6) is -0.178. The van der Waals surface area contributed by atoms with Gasteiger partial charge in [-0.05, 0) is 6.42 Å². The van der Waals surface area contributed by atoms with Crippen LogP contribution in [0.5, 0.6) is 0 Å². The maximum Gasteiger partial charge on any atom is 0.255 e. The van der Waals surface area contributed by atoms with E-state index in [1.165, 1.54) is 0 Å². The number of Topliss-reactive ketones (excluding diaryl/α,β-unsaturated/α-hetero) is 1. The van der Waals surface area contributed by atoms with E-state index in [-0.39, 0.29) is 6.61 Å². The molecule has 1 N–H and O–H groups in total. The number of rotatable bonds is 1. The summed E-state index contributed by atoms with van der Waals surface area (Å²) < 4.78 is 0. The monoisotopic (exact) mass is 160 g/mol. The highest BCUT2D eigenvalue weighted by atomic mass is 32.2. The summed E-state index contributed by atoms with van der Waals surface area (Å²) in [5.41, 5.74) is 0. The molecule has 0 aromatic heterocycles. The fourth-order valence-electron chi connectivity index (χ4n) is 0.837. The maximum absolute atomic E-state index is 10.8. The van der Waals surface area contributed by atoms with E-state index in [1.54, 1.807) is 0 Å². The lowest BCUT2D eigenvalue weighted by Crippen LogP contribution is -2.29. The largest absolute Gasteiger partial charge is 0.396 e. The molecule has 0 bridgehead atoms. The summed E-state index contributed by atoms with van der Waals surface area (Å²) >= 11 is 1.05. The Kier molecular flexibility index (Phi) is 2.45. The molecule has 0 aromatic rings. The van der Waals surface area contributed by atoms with Gasteiger partial charge in [0, 0.05) is 5.75 Å². The lowest BCUT2D eigenvalue weighted by molar-refractivity contribution is -0.135. The Morgan fingerprint density at radius 1 is 1.60 bits per heavy atom. The van der Waals surface area contributed by atoms with Gasteiger partial charge in [-0.3, -0.25) is 9.59 Å². The zero-order chi connectivity index (χ0) is 7.56. The van der Waals surface area contributed by atoms with Crippen LogP contribution in [0.1, 0.15) is 6.42 Å². The molecule has 4 heteroatoms. The van der Waals surface area contributed by atoms with Crippen LogP contribution >= 0.6 is 11.8 Å². The Hall–Kier alpha value is -0.350. The summed E-state index contributed by atoms with van der Waals surface area (Å²) in [4.78, 5) is 21.5. The minimum atomic E-state index is -0.422. The van der Waals surface area contributed by atoms with E-state index in [0.29, 0.717) is 12.2 Å². The van der Waals surface area contributed by atoms with E-state index in [2.05, 4.69) is 0 Å². The van der Waals surface area contributed by atoms with Crippen LogP contribution in [0.2, 0.25) is 0 Å². The number of carbonyl (C=O) groups is 2. The van der Waals surface area contributed by atoms with Gasteiger partial charge < -0.3 is 5.11 Å². The van der Waals surface area contributed by atoms with Crippen molar-refractivity contribution in [3.63, 3.8) is 0 Å². The SMILES string of the molecule is O=C1SCCC(CO)C1=O. The van der Waals surface area contributed by atoms with Crippen LogP contribution in [-0.4, -0.2) is 28.4 Å². The van der Waals surface area contributed by atoms with Crippen molar-refractivity contribution in [2.75, 3.05) is 12.4 Å². The molecule has 0 amide bonds. The van der Waals surface area contributed by atoms with Crippen molar-refractivity contribution in [3.8, 4) is 0 Å². The lowest BCUT2D eigenvalue weighted by atomic mass is 10.0. The predicted octanol–water partition coefficient (Wildman–Crippen LogP) is -0.173. The van der Waals surface area contributed by atoms with Crippen molar-refractivity contribution >= 4 is 22.7 Å². The van der Waals surface area contributed by atoms with Gasteiger partial charge >= 0.3 is 0 Å². The van der Waals surface area contributed by atoms with Gasteiger partial charge in [0.05, 0.1) is 12.5 Å². The molecule has 1 rings (SSSR count). The second-order valence-corrected chi connectivity index (χ2v) is 3.24. The molecule has 0 saturated carbocycles. The van der Waals surface area contributed by atoms with Gasteiger partial charge in [0.1, 0.15) is 0 Å². The Labute approximate surface area is 62.8 Å². The predicted molar refractivity (Wildman–Crippen MR) is 37.7 cm³/mol. The second kappa shape index (κ2) is 3.16. The van der Waals surface area contributed by atoms with Crippen molar-refractivity contribution in [2.24, 2.45) is 5.92 Å². The molecule has 3 nitrogen and oxygen atoms in total. The molecule has 0 radical (unpaired) electrons. The molecule has 10 heavy (non-hydrogen) atoms. The number of hydrogen-bond donors (Lipinski definition) is 1. The summed E-state index contributed by atoms with van der Waals surface area (Å²) in [7, 11) is 0. The summed E-state index contributed by atoms with van der Waals surface area (Å²) in [6.45, 7) is -0.189. The van der Waals surface area contributed by atoms with Crippen molar-refractivity contribution in [2.45, 2.75) is 6.42 Å². The van der Waals surface area contributed by atoms with E-state index in [9.17, 15) is 9.59 Å². The van der Waals surface area contributed by atoms with Crippen LogP contribution in [-0.2, 0) is 9.59 Å². The van der Waals surface area contributed by atoms with Gasteiger partial charge in [0.15, 0.2) is 0 Å². The van der Waals surface area contributed by atoms with E-state index in [1.807, 2.05) is 0 Å². The molecule has 1 saturated heterocycles. The van der Waals surface area contributed by atoms with Crippen LogP contribution in [0, 0.1) is 5.92 Å². The number of hydrogen-bond acceptors (Lipinski definition) is 4. The first-order valence-electron chi connectivity index (χ1n) is 3.07. The Morgan fingerprint density at radius 2 is 2.30 bits per heavy atom. The fraction of sp³-hybridized carbons (Fsp3) is 0.667. The number of carbonyl (C=O) groups excluding carboxylic acids is 2. The first kappa shape index (κ1) is 7.75. The van der Waals surface area contributed by atoms with Gasteiger partial charge in [-0.1, -0.05) is 11.8 Å². The van der Waals surface area contributed by atoms with Crippen LogP contribution in [0.15, 0.2) is 0 Å². The molecule has 1 aliphatic rings. The van der Waals surface area contributed by atoms with Crippen LogP contribution in [0.4, 0.5) is 0 Å². The zero-order valence-electron chi connectivity index (χ0n) is 5.37. The highest BCUT2D eigenvalue weighted by Crippen LogP contribution is 2.20. The van der Waals surface area contributed by atoms with Gasteiger partial charge in [-0.2, -0.15) is 0 Å². The van der Waals surface area contributed by atoms with Gasteiger partial charge in [-0.15, -0.1) is 0 Å². The van der Waals surface area contributed by atoms with E-state index < -0.39 is 16.8 Å². The third kappa shape index (κ3) is 1.38. The normalized spacial score (nSPS) is 27.1. The topological polar surface area (TPSA) is 54.4 Å². The Bertz CT molecular complexity index is 166. The number of aliphatic hydroxyl groups excluding tert-OH is 1. The summed E-state index contributed by atoms with van der Waals surface area (Å²) in [6.07, 6.45) is 0.631. The maximum atomic E-state index is 10.8. The second-order valence-electron chi connectivity index (χ2n) is 2.17. The van der Waals surface area contributed by atoms with Crippen molar-refractivity contribution < 1.29 is 14.7 Å². The molecule has 1 fully saturated rings. The van der Waals surface area contributed by atoms with E-state index in [0.717, 1.165) is 11.8 Å². The highest BCUT2D eigenvalue weighted by molar-refractivity contribution is 8.15. The molecule has 0 aromatic carbocycles. The first-order chi connectivity index (χ1) is 4.75. The average molecular weight is 160 g/mol. The fourth-order valence-corrected chi connectivity index (χ4v) is 1.73. The molecule has 0 aliphatic carbocycles. The van der Waals surface area contributed by atoms with Crippen LogP contribution in [0.3, 0.4) is 0 Å². The smallest absolute Gasteiger partial charge is 0.255 e. The zero-order valence-corrected chi connectivity index (χ0v) is 6.19. The van der Waals surface area contributed by atoms with E-state index >= 15 is 0 Å². The molecular weight excluding hydrogens is 152 g/mol. The van der Waals surface area contributed by atoms with Gasteiger partial charge in [-0.25, -0.2) is 0 Å². The van der Waals surface area contributed by atoms with Crippen LogP contribution < -0.4 is 0 Å². The highest BCUT2D eigenvalue weighted by Gasteiger charge is 2.28. The summed E-state index contributed by atoms with van der Waals surface area (Å²) in [5, 5.41) is 8.20. The molecule has 1 aliphatic heterocycles. The molecule has 1 heterocycles. The third-order valence-electron chi connectivity index (χ3n) is 1.49. The average Bonchev–Trinajstić information content (AvgIpc) is 1.95. The van der Waals surface area contributed by atoms with Crippen molar-refractivity contribution in [3.05, 3.63) is 0 Å². The first-order valence-corrected chi connectivity index (χ1v) is 4.06. The minimum Gasteiger partial charge on any atom is -0.396 e. The van der Waals surface area contributed by atoms with Gasteiger partial charge in [0.25, 0.3) is 5.12 Å². The molecule has 56 valence electrons.